The standard InChI is InChI=1S/C20H20N4O5/c1-28-12-10-21-19(26)17-23-16(15-5-3-4-11-24(15)17)18(25)22-14-8-6-13(7-9-14)20(27)29-2/h3-9,11H,10,12H2,1-2H3,(H,21,26)(H,22,25). The third-order valence-electron chi connectivity index (χ3n) is 4.12. The highest BCUT2D eigenvalue weighted by Gasteiger charge is 2.21. The van der Waals surface area contributed by atoms with E-state index < -0.39 is 17.8 Å². The van der Waals surface area contributed by atoms with Gasteiger partial charge in [0, 0.05) is 25.5 Å². The number of amides is 2. The molecule has 2 aromatic heterocycles. The number of ether oxygens (including phenoxy) is 2. The molecule has 0 saturated heterocycles. The summed E-state index contributed by atoms with van der Waals surface area (Å²) in [5, 5.41) is 5.41. The van der Waals surface area contributed by atoms with Crippen molar-refractivity contribution < 1.29 is 23.9 Å². The highest BCUT2D eigenvalue weighted by atomic mass is 16.5. The Kier molecular flexibility index (Phi) is 6.20. The second-order valence-electron chi connectivity index (χ2n) is 6.01. The largest absolute Gasteiger partial charge is 0.465 e. The average molecular weight is 396 g/mol. The van der Waals surface area contributed by atoms with Gasteiger partial charge >= 0.3 is 5.97 Å². The Morgan fingerprint density at radius 2 is 1.79 bits per heavy atom. The molecule has 3 aromatic rings. The zero-order valence-corrected chi connectivity index (χ0v) is 16.0. The molecule has 0 aliphatic rings. The maximum Gasteiger partial charge on any atom is 0.337 e. The van der Waals surface area contributed by atoms with Crippen molar-refractivity contribution in [3.8, 4) is 0 Å². The number of esters is 1. The molecule has 2 amide bonds. The minimum Gasteiger partial charge on any atom is -0.465 e. The van der Waals surface area contributed by atoms with Crippen LogP contribution in [0.15, 0.2) is 48.7 Å². The first-order chi connectivity index (χ1) is 14.0. The number of pyridine rings is 1. The lowest BCUT2D eigenvalue weighted by Crippen LogP contribution is -2.28. The summed E-state index contributed by atoms with van der Waals surface area (Å²) in [6.45, 7) is 0.690. The maximum absolute atomic E-state index is 12.8. The summed E-state index contributed by atoms with van der Waals surface area (Å²) >= 11 is 0. The van der Waals surface area contributed by atoms with Gasteiger partial charge in [0.05, 0.1) is 24.8 Å². The molecule has 150 valence electrons. The highest BCUT2D eigenvalue weighted by molar-refractivity contribution is 6.09. The zero-order chi connectivity index (χ0) is 20.8. The van der Waals surface area contributed by atoms with Crippen LogP contribution in [0.4, 0.5) is 5.69 Å². The van der Waals surface area contributed by atoms with Crippen LogP contribution in [0.25, 0.3) is 5.52 Å². The molecule has 0 radical (unpaired) electrons. The summed E-state index contributed by atoms with van der Waals surface area (Å²) in [4.78, 5) is 41.0. The molecule has 0 aliphatic carbocycles. The van der Waals surface area contributed by atoms with Crippen LogP contribution >= 0.6 is 0 Å². The Morgan fingerprint density at radius 1 is 1.03 bits per heavy atom. The SMILES string of the molecule is COCCNC(=O)c1nc(C(=O)Nc2ccc(C(=O)OC)cc2)c2ccccn12. The van der Waals surface area contributed by atoms with Crippen molar-refractivity contribution in [1.82, 2.24) is 14.7 Å². The lowest BCUT2D eigenvalue weighted by molar-refractivity contribution is 0.0600. The molecular formula is C20H20N4O5. The fraction of sp³-hybridized carbons (Fsp3) is 0.200. The highest BCUT2D eigenvalue weighted by Crippen LogP contribution is 2.17. The van der Waals surface area contributed by atoms with Gasteiger partial charge in [-0.15, -0.1) is 0 Å². The van der Waals surface area contributed by atoms with Crippen LogP contribution in [-0.4, -0.2) is 54.5 Å². The second kappa shape index (κ2) is 8.98. The predicted octanol–water partition coefficient (Wildman–Crippen LogP) is 1.75. The van der Waals surface area contributed by atoms with Crippen molar-refractivity contribution >= 4 is 29.0 Å². The van der Waals surface area contributed by atoms with Crippen molar-refractivity contribution in [2.45, 2.75) is 0 Å². The number of hydrogen-bond acceptors (Lipinski definition) is 6. The molecule has 2 heterocycles. The molecule has 0 atom stereocenters. The minimum atomic E-state index is -0.476. The number of imidazole rings is 1. The van der Waals surface area contributed by atoms with Crippen molar-refractivity contribution in [2.24, 2.45) is 0 Å². The number of carbonyl (C=O) groups excluding carboxylic acids is 3. The Hall–Kier alpha value is -3.72. The van der Waals surface area contributed by atoms with E-state index in [1.807, 2.05) is 0 Å². The smallest absolute Gasteiger partial charge is 0.337 e. The molecule has 2 N–H and O–H groups in total. The van der Waals surface area contributed by atoms with Gasteiger partial charge in [-0.05, 0) is 36.4 Å². The first-order valence-electron chi connectivity index (χ1n) is 8.79. The van der Waals surface area contributed by atoms with Gasteiger partial charge in [0.25, 0.3) is 11.8 Å². The second-order valence-corrected chi connectivity index (χ2v) is 6.01. The Labute approximate surface area is 166 Å². The fourth-order valence-corrected chi connectivity index (χ4v) is 2.71. The van der Waals surface area contributed by atoms with Gasteiger partial charge in [-0.3, -0.25) is 14.0 Å². The molecule has 3 rings (SSSR count). The van der Waals surface area contributed by atoms with Crippen LogP contribution in [0.1, 0.15) is 31.5 Å². The van der Waals surface area contributed by atoms with Crippen molar-refractivity contribution in [3.05, 3.63) is 65.7 Å². The quantitative estimate of drug-likeness (QED) is 0.465. The maximum atomic E-state index is 12.8. The van der Waals surface area contributed by atoms with Gasteiger partial charge in [0.15, 0.2) is 5.69 Å². The van der Waals surface area contributed by atoms with E-state index in [4.69, 9.17) is 4.74 Å². The molecule has 0 bridgehead atoms. The van der Waals surface area contributed by atoms with E-state index in [9.17, 15) is 14.4 Å². The van der Waals surface area contributed by atoms with E-state index in [2.05, 4.69) is 20.4 Å². The van der Waals surface area contributed by atoms with Crippen molar-refractivity contribution in [1.29, 1.82) is 0 Å². The summed E-state index contributed by atoms with van der Waals surface area (Å²) < 4.78 is 11.1. The molecule has 0 unspecified atom stereocenters. The first kappa shape index (κ1) is 20.0. The van der Waals surface area contributed by atoms with Crippen LogP contribution in [-0.2, 0) is 9.47 Å². The summed E-state index contributed by atoms with van der Waals surface area (Å²) in [6, 6.07) is 11.5. The van der Waals surface area contributed by atoms with Gasteiger partial charge in [-0.25, -0.2) is 9.78 Å². The lowest BCUT2D eigenvalue weighted by atomic mass is 10.2. The van der Waals surface area contributed by atoms with Crippen LogP contribution < -0.4 is 10.6 Å². The topological polar surface area (TPSA) is 111 Å². The van der Waals surface area contributed by atoms with Crippen molar-refractivity contribution in [2.75, 3.05) is 32.7 Å². The first-order valence-corrected chi connectivity index (χ1v) is 8.79. The van der Waals surface area contributed by atoms with Crippen LogP contribution in [0.2, 0.25) is 0 Å². The lowest BCUT2D eigenvalue weighted by Gasteiger charge is -2.05. The minimum absolute atomic E-state index is 0.0999. The predicted molar refractivity (Wildman–Crippen MR) is 105 cm³/mol. The van der Waals surface area contributed by atoms with E-state index in [1.165, 1.54) is 14.2 Å². The van der Waals surface area contributed by atoms with Gasteiger partial charge in [-0.1, -0.05) is 6.07 Å². The number of nitrogens with zero attached hydrogens (tertiary/aromatic N) is 2. The molecular weight excluding hydrogens is 376 g/mol. The Morgan fingerprint density at radius 3 is 2.48 bits per heavy atom. The molecule has 9 heteroatoms. The van der Waals surface area contributed by atoms with E-state index in [1.54, 1.807) is 53.1 Å². The number of aromatic nitrogens is 2. The molecule has 0 spiro atoms. The monoisotopic (exact) mass is 396 g/mol. The van der Waals surface area contributed by atoms with Gasteiger partial charge < -0.3 is 20.1 Å². The van der Waals surface area contributed by atoms with Crippen LogP contribution in [0.3, 0.4) is 0 Å². The van der Waals surface area contributed by atoms with Gasteiger partial charge in [-0.2, -0.15) is 0 Å². The molecule has 0 saturated carbocycles. The number of methoxy groups -OCH3 is 2. The number of hydrogen-bond donors (Lipinski definition) is 2. The Balaban J connectivity index is 1.84. The summed E-state index contributed by atoms with van der Waals surface area (Å²) in [5.74, 6) is -1.25. The number of anilines is 1. The summed E-state index contributed by atoms with van der Waals surface area (Å²) in [6.07, 6.45) is 1.66. The number of carbonyl (C=O) groups is 3. The van der Waals surface area contributed by atoms with E-state index >= 15 is 0 Å². The van der Waals surface area contributed by atoms with Crippen molar-refractivity contribution in [3.63, 3.8) is 0 Å². The average Bonchev–Trinajstić information content (AvgIpc) is 3.14. The molecule has 1 aromatic carbocycles. The third kappa shape index (κ3) is 4.41. The summed E-state index contributed by atoms with van der Waals surface area (Å²) in [5.41, 5.74) is 1.45. The van der Waals surface area contributed by atoms with Gasteiger partial charge in [0.1, 0.15) is 0 Å². The van der Waals surface area contributed by atoms with E-state index in [0.29, 0.717) is 29.9 Å². The normalized spacial score (nSPS) is 10.6. The third-order valence-corrected chi connectivity index (χ3v) is 4.12. The fourth-order valence-electron chi connectivity index (χ4n) is 2.71. The number of benzene rings is 1. The van der Waals surface area contributed by atoms with E-state index in [0.717, 1.165) is 0 Å². The Bertz CT molecular complexity index is 1040. The zero-order valence-electron chi connectivity index (χ0n) is 16.0. The van der Waals surface area contributed by atoms with E-state index in [-0.39, 0.29) is 11.5 Å². The molecule has 9 nitrogen and oxygen atoms in total. The molecule has 0 aliphatic heterocycles. The van der Waals surface area contributed by atoms with Crippen LogP contribution in [0, 0.1) is 0 Å². The van der Waals surface area contributed by atoms with Gasteiger partial charge in [0.2, 0.25) is 5.82 Å². The number of fused-ring (bicyclic) bond motifs is 1. The number of rotatable bonds is 7. The van der Waals surface area contributed by atoms with Crippen LogP contribution in [0.5, 0.6) is 0 Å². The molecule has 0 fully saturated rings. The number of nitrogens with one attached hydrogen (secondary N) is 2. The summed E-state index contributed by atoms with van der Waals surface area (Å²) in [7, 11) is 2.84. The molecule has 29 heavy (non-hydrogen) atoms.